The van der Waals surface area contributed by atoms with Gasteiger partial charge >= 0.3 is 0 Å². The summed E-state index contributed by atoms with van der Waals surface area (Å²) in [5.41, 5.74) is 1.17. The van der Waals surface area contributed by atoms with Gasteiger partial charge in [-0.3, -0.25) is 0 Å². The quantitative estimate of drug-likeness (QED) is 0.720. The van der Waals surface area contributed by atoms with Gasteiger partial charge in [0.15, 0.2) is 0 Å². The molecule has 0 amide bonds. The Bertz CT molecular complexity index is 367. The predicted molar refractivity (Wildman–Crippen MR) is 82.0 cm³/mol. The van der Waals surface area contributed by atoms with E-state index in [4.69, 9.17) is 0 Å². The molecule has 2 atom stereocenters. The predicted octanol–water partition coefficient (Wildman–Crippen LogP) is 4.87. The van der Waals surface area contributed by atoms with Crippen molar-refractivity contribution >= 4 is 0 Å². The van der Waals surface area contributed by atoms with Crippen LogP contribution in [0.1, 0.15) is 66.2 Å². The molecule has 1 nitrogen and oxygen atoms in total. The highest BCUT2D eigenvalue weighted by Crippen LogP contribution is 2.42. The Morgan fingerprint density at radius 1 is 1.32 bits per heavy atom. The van der Waals surface area contributed by atoms with Gasteiger partial charge in [0, 0.05) is 5.92 Å². The second-order valence-corrected chi connectivity index (χ2v) is 7.52. The molecule has 0 aromatic rings. The van der Waals surface area contributed by atoms with Crippen molar-refractivity contribution < 1.29 is 5.11 Å². The SMILES string of the molecule is CC1=CCCC(C)(C)C1/C=C/C(C)(O)C1CCCC1. The molecule has 1 heteroatoms. The van der Waals surface area contributed by atoms with E-state index >= 15 is 0 Å². The van der Waals surface area contributed by atoms with Gasteiger partial charge in [0.1, 0.15) is 0 Å². The van der Waals surface area contributed by atoms with E-state index in [0.29, 0.717) is 17.3 Å². The van der Waals surface area contributed by atoms with E-state index in [1.165, 1.54) is 44.1 Å². The largest absolute Gasteiger partial charge is 0.386 e. The maximum atomic E-state index is 10.7. The Kier molecular flexibility index (Phi) is 4.25. The Hall–Kier alpha value is -0.560. The van der Waals surface area contributed by atoms with Crippen LogP contribution in [0.3, 0.4) is 0 Å². The molecule has 0 spiro atoms. The zero-order chi connectivity index (χ0) is 14.1. The molecule has 2 rings (SSSR count). The lowest BCUT2D eigenvalue weighted by Crippen LogP contribution is -2.32. The van der Waals surface area contributed by atoms with E-state index in [-0.39, 0.29) is 0 Å². The van der Waals surface area contributed by atoms with E-state index in [1.54, 1.807) is 0 Å². The number of rotatable bonds is 3. The van der Waals surface area contributed by atoms with Crippen molar-refractivity contribution in [2.45, 2.75) is 71.8 Å². The lowest BCUT2D eigenvalue weighted by molar-refractivity contribution is 0.0482. The Morgan fingerprint density at radius 2 is 1.95 bits per heavy atom. The summed E-state index contributed by atoms with van der Waals surface area (Å²) in [5, 5.41) is 10.7. The van der Waals surface area contributed by atoms with Gasteiger partial charge in [-0.1, -0.05) is 50.5 Å². The van der Waals surface area contributed by atoms with Crippen LogP contribution in [-0.2, 0) is 0 Å². The van der Waals surface area contributed by atoms with Crippen molar-refractivity contribution in [3.05, 3.63) is 23.8 Å². The molecule has 0 bridgehead atoms. The van der Waals surface area contributed by atoms with Gasteiger partial charge in [-0.2, -0.15) is 0 Å². The third-order valence-corrected chi connectivity index (χ3v) is 5.40. The van der Waals surface area contributed by atoms with Crippen molar-refractivity contribution in [3.63, 3.8) is 0 Å². The monoisotopic (exact) mass is 262 g/mol. The molecule has 0 saturated heterocycles. The van der Waals surface area contributed by atoms with Gasteiger partial charge in [0.25, 0.3) is 0 Å². The summed E-state index contributed by atoms with van der Waals surface area (Å²) in [6, 6.07) is 0. The number of hydrogen-bond donors (Lipinski definition) is 1. The fourth-order valence-corrected chi connectivity index (χ4v) is 3.92. The van der Waals surface area contributed by atoms with Crippen LogP contribution in [0.4, 0.5) is 0 Å². The van der Waals surface area contributed by atoms with E-state index in [1.807, 2.05) is 6.92 Å². The van der Waals surface area contributed by atoms with E-state index < -0.39 is 5.60 Å². The van der Waals surface area contributed by atoms with Gasteiger partial charge in [-0.05, 0) is 50.9 Å². The fourth-order valence-electron chi connectivity index (χ4n) is 3.92. The standard InChI is InChI=1S/C18H30O/c1-14-8-7-12-17(2,3)16(14)11-13-18(4,19)15-9-5-6-10-15/h8,11,13,15-16,19H,5-7,9-10,12H2,1-4H3/b13-11+. The third-order valence-electron chi connectivity index (χ3n) is 5.40. The minimum Gasteiger partial charge on any atom is -0.386 e. The topological polar surface area (TPSA) is 20.2 Å². The first kappa shape index (κ1) is 14.8. The van der Waals surface area contributed by atoms with Crippen molar-refractivity contribution in [2.75, 3.05) is 0 Å². The summed E-state index contributed by atoms with van der Waals surface area (Å²) in [6.45, 7) is 8.93. The first-order chi connectivity index (χ1) is 8.83. The maximum Gasteiger partial charge on any atom is 0.0827 e. The molecule has 1 N–H and O–H groups in total. The lowest BCUT2D eigenvalue weighted by Gasteiger charge is -2.37. The highest BCUT2D eigenvalue weighted by atomic mass is 16.3. The van der Waals surface area contributed by atoms with Crippen LogP contribution < -0.4 is 0 Å². The smallest absolute Gasteiger partial charge is 0.0827 e. The van der Waals surface area contributed by atoms with Gasteiger partial charge in [0.2, 0.25) is 0 Å². The first-order valence-corrected chi connectivity index (χ1v) is 7.91. The van der Waals surface area contributed by atoms with Crippen LogP contribution in [0.5, 0.6) is 0 Å². The number of allylic oxidation sites excluding steroid dienone is 3. The van der Waals surface area contributed by atoms with Crippen LogP contribution >= 0.6 is 0 Å². The average Bonchev–Trinajstić information content (AvgIpc) is 2.81. The lowest BCUT2D eigenvalue weighted by atomic mass is 9.68. The first-order valence-electron chi connectivity index (χ1n) is 7.91. The second-order valence-electron chi connectivity index (χ2n) is 7.52. The van der Waals surface area contributed by atoms with E-state index in [0.717, 1.165) is 0 Å². The summed E-state index contributed by atoms with van der Waals surface area (Å²) >= 11 is 0. The molecule has 1 fully saturated rings. The molecular weight excluding hydrogens is 232 g/mol. The molecule has 1 saturated carbocycles. The molecule has 108 valence electrons. The van der Waals surface area contributed by atoms with Gasteiger partial charge < -0.3 is 5.11 Å². The summed E-state index contributed by atoms with van der Waals surface area (Å²) in [6.07, 6.45) is 14.1. The molecule has 0 aromatic heterocycles. The highest BCUT2D eigenvalue weighted by Gasteiger charge is 2.34. The molecule has 2 unspecified atom stereocenters. The zero-order valence-corrected chi connectivity index (χ0v) is 13.1. The van der Waals surface area contributed by atoms with Crippen molar-refractivity contribution in [3.8, 4) is 0 Å². The van der Waals surface area contributed by atoms with Gasteiger partial charge in [-0.15, -0.1) is 0 Å². The van der Waals surface area contributed by atoms with E-state index in [2.05, 4.69) is 39.0 Å². The fraction of sp³-hybridized carbons (Fsp3) is 0.778. The van der Waals surface area contributed by atoms with Crippen LogP contribution in [-0.4, -0.2) is 10.7 Å². The van der Waals surface area contributed by atoms with Gasteiger partial charge in [-0.25, -0.2) is 0 Å². The molecule has 19 heavy (non-hydrogen) atoms. The van der Waals surface area contributed by atoms with Crippen molar-refractivity contribution in [1.82, 2.24) is 0 Å². The molecule has 0 radical (unpaired) electrons. The van der Waals surface area contributed by atoms with Crippen molar-refractivity contribution in [2.24, 2.45) is 17.3 Å². The second kappa shape index (κ2) is 5.44. The average molecular weight is 262 g/mol. The zero-order valence-electron chi connectivity index (χ0n) is 13.1. The van der Waals surface area contributed by atoms with E-state index in [9.17, 15) is 5.11 Å². The van der Waals surface area contributed by atoms with Crippen LogP contribution in [0.15, 0.2) is 23.8 Å². The minimum absolute atomic E-state index is 0.321. The molecular formula is C18H30O. The van der Waals surface area contributed by atoms with Crippen LogP contribution in [0.2, 0.25) is 0 Å². The van der Waals surface area contributed by atoms with Crippen LogP contribution in [0, 0.1) is 17.3 Å². The number of aliphatic hydroxyl groups is 1. The Balaban J connectivity index is 2.12. The van der Waals surface area contributed by atoms with Crippen molar-refractivity contribution in [1.29, 1.82) is 0 Å². The summed E-state index contributed by atoms with van der Waals surface area (Å²) in [4.78, 5) is 0. The molecule has 0 aliphatic heterocycles. The highest BCUT2D eigenvalue weighted by molar-refractivity contribution is 5.20. The molecule has 0 aromatic carbocycles. The molecule has 2 aliphatic carbocycles. The number of hydrogen-bond acceptors (Lipinski definition) is 1. The minimum atomic E-state index is -0.621. The Labute approximate surface area is 118 Å². The van der Waals surface area contributed by atoms with Crippen LogP contribution in [0.25, 0.3) is 0 Å². The third kappa shape index (κ3) is 3.31. The summed E-state index contributed by atoms with van der Waals surface area (Å²) < 4.78 is 0. The Morgan fingerprint density at radius 3 is 2.53 bits per heavy atom. The molecule has 2 aliphatic rings. The van der Waals surface area contributed by atoms with Gasteiger partial charge in [0.05, 0.1) is 5.60 Å². The molecule has 0 heterocycles. The normalized spacial score (nSPS) is 31.4. The maximum absolute atomic E-state index is 10.7. The summed E-state index contributed by atoms with van der Waals surface area (Å²) in [7, 11) is 0. The summed E-state index contributed by atoms with van der Waals surface area (Å²) in [5.74, 6) is 0.939.